The van der Waals surface area contributed by atoms with Crippen LogP contribution >= 0.6 is 0 Å². The molecule has 0 fully saturated rings. The van der Waals surface area contributed by atoms with E-state index in [-0.39, 0.29) is 11.4 Å². The van der Waals surface area contributed by atoms with Crippen LogP contribution in [0.2, 0.25) is 0 Å². The summed E-state index contributed by atoms with van der Waals surface area (Å²) in [6.07, 6.45) is 0. The Kier molecular flexibility index (Phi) is 3.47. The lowest BCUT2D eigenvalue weighted by Gasteiger charge is -2.13. The van der Waals surface area contributed by atoms with Gasteiger partial charge in [-0.15, -0.1) is 0 Å². The summed E-state index contributed by atoms with van der Waals surface area (Å²) >= 11 is 0. The first-order valence-electron chi connectivity index (χ1n) is 6.21. The van der Waals surface area contributed by atoms with Crippen LogP contribution in [0.25, 0.3) is 11.3 Å². The average Bonchev–Trinajstić information content (AvgIpc) is 2.83. The molecule has 2 aromatic rings. The molecule has 3 nitrogen and oxygen atoms in total. The van der Waals surface area contributed by atoms with Crippen molar-refractivity contribution >= 4 is 5.97 Å². The average molecular weight is 258 g/mol. The number of esters is 1. The van der Waals surface area contributed by atoms with E-state index in [1.54, 1.807) is 6.07 Å². The van der Waals surface area contributed by atoms with E-state index < -0.39 is 0 Å². The van der Waals surface area contributed by atoms with Gasteiger partial charge in [-0.3, -0.25) is 0 Å². The van der Waals surface area contributed by atoms with Crippen molar-refractivity contribution < 1.29 is 13.9 Å². The molecule has 0 amide bonds. The topological polar surface area (TPSA) is 39.4 Å². The van der Waals surface area contributed by atoms with Crippen molar-refractivity contribution in [3.63, 3.8) is 0 Å². The molecular formula is C16H18O3. The third kappa shape index (κ3) is 2.70. The molecule has 100 valence electrons. The second kappa shape index (κ2) is 4.92. The summed E-state index contributed by atoms with van der Waals surface area (Å²) in [7, 11) is 1.38. The van der Waals surface area contributed by atoms with Gasteiger partial charge in [-0.2, -0.15) is 0 Å². The SMILES string of the molecule is COC(=O)c1cc(C(C)(C)C)oc1-c1ccccc1. The third-order valence-corrected chi connectivity index (χ3v) is 2.91. The van der Waals surface area contributed by atoms with Crippen molar-refractivity contribution in [2.75, 3.05) is 7.11 Å². The summed E-state index contributed by atoms with van der Waals surface area (Å²) in [5.41, 5.74) is 1.19. The molecule has 0 bridgehead atoms. The number of rotatable bonds is 2. The first-order chi connectivity index (χ1) is 8.93. The molecule has 0 unspecified atom stereocenters. The van der Waals surface area contributed by atoms with Crippen molar-refractivity contribution in [3.05, 3.63) is 47.7 Å². The highest BCUT2D eigenvalue weighted by atomic mass is 16.5. The summed E-state index contributed by atoms with van der Waals surface area (Å²) in [6.45, 7) is 6.13. The highest BCUT2D eigenvalue weighted by Crippen LogP contribution is 2.33. The van der Waals surface area contributed by atoms with E-state index in [1.807, 2.05) is 51.1 Å². The molecule has 0 aliphatic rings. The Bertz CT molecular complexity index is 574. The van der Waals surface area contributed by atoms with Crippen molar-refractivity contribution in [1.82, 2.24) is 0 Å². The Balaban J connectivity index is 2.59. The maximum atomic E-state index is 11.9. The first kappa shape index (κ1) is 13.4. The number of ether oxygens (including phenoxy) is 1. The number of hydrogen-bond donors (Lipinski definition) is 0. The van der Waals surface area contributed by atoms with E-state index in [2.05, 4.69) is 0 Å². The fourth-order valence-corrected chi connectivity index (χ4v) is 1.83. The first-order valence-corrected chi connectivity index (χ1v) is 6.21. The number of methoxy groups -OCH3 is 1. The number of carbonyl (C=O) groups excluding carboxylic acids is 1. The minimum Gasteiger partial charge on any atom is -0.465 e. The Morgan fingerprint density at radius 2 is 1.79 bits per heavy atom. The molecule has 1 heterocycles. The van der Waals surface area contributed by atoms with Crippen LogP contribution in [0.4, 0.5) is 0 Å². The van der Waals surface area contributed by atoms with Crippen molar-refractivity contribution in [2.24, 2.45) is 0 Å². The van der Waals surface area contributed by atoms with Crippen LogP contribution in [0.1, 0.15) is 36.9 Å². The maximum Gasteiger partial charge on any atom is 0.341 e. The van der Waals surface area contributed by atoms with E-state index in [1.165, 1.54) is 7.11 Å². The number of hydrogen-bond acceptors (Lipinski definition) is 3. The predicted octanol–water partition coefficient (Wildman–Crippen LogP) is 4.03. The molecule has 0 aliphatic heterocycles. The van der Waals surface area contributed by atoms with E-state index in [9.17, 15) is 4.79 Å². The lowest BCUT2D eigenvalue weighted by molar-refractivity contribution is 0.0601. The lowest BCUT2D eigenvalue weighted by atomic mass is 9.93. The van der Waals surface area contributed by atoms with Gasteiger partial charge in [0.05, 0.1) is 7.11 Å². The van der Waals surface area contributed by atoms with E-state index in [0.29, 0.717) is 11.3 Å². The van der Waals surface area contributed by atoms with Gasteiger partial charge in [-0.25, -0.2) is 4.79 Å². The molecule has 0 atom stereocenters. The number of carbonyl (C=O) groups is 1. The molecule has 3 heteroatoms. The molecule has 0 radical (unpaired) electrons. The van der Waals surface area contributed by atoms with Crippen molar-refractivity contribution in [1.29, 1.82) is 0 Å². The van der Waals surface area contributed by atoms with Gasteiger partial charge in [0.1, 0.15) is 17.1 Å². The summed E-state index contributed by atoms with van der Waals surface area (Å²) < 4.78 is 10.7. The number of furan rings is 1. The zero-order valence-corrected chi connectivity index (χ0v) is 11.7. The molecule has 0 spiro atoms. The van der Waals surface area contributed by atoms with Crippen LogP contribution in [-0.2, 0) is 10.2 Å². The monoisotopic (exact) mass is 258 g/mol. The lowest BCUT2D eigenvalue weighted by Crippen LogP contribution is -2.09. The normalized spacial score (nSPS) is 11.4. The second-order valence-corrected chi connectivity index (χ2v) is 5.46. The fourth-order valence-electron chi connectivity index (χ4n) is 1.83. The largest absolute Gasteiger partial charge is 0.465 e. The standard InChI is InChI=1S/C16H18O3/c1-16(2,3)13-10-12(15(17)18-4)14(19-13)11-8-6-5-7-9-11/h5-10H,1-4H3. The highest BCUT2D eigenvalue weighted by Gasteiger charge is 2.25. The molecule has 1 aromatic heterocycles. The number of benzene rings is 1. The van der Waals surface area contributed by atoms with Gasteiger partial charge >= 0.3 is 5.97 Å². The smallest absolute Gasteiger partial charge is 0.341 e. The summed E-state index contributed by atoms with van der Waals surface area (Å²) in [6, 6.07) is 11.4. The van der Waals surface area contributed by atoms with Gasteiger partial charge in [-0.05, 0) is 6.07 Å². The minimum absolute atomic E-state index is 0.157. The van der Waals surface area contributed by atoms with Crippen LogP contribution in [-0.4, -0.2) is 13.1 Å². The highest BCUT2D eigenvalue weighted by molar-refractivity contribution is 5.96. The Hall–Kier alpha value is -2.03. The van der Waals surface area contributed by atoms with Crippen LogP contribution in [0, 0.1) is 0 Å². The van der Waals surface area contributed by atoms with Gasteiger partial charge in [-0.1, -0.05) is 51.1 Å². The van der Waals surface area contributed by atoms with E-state index in [4.69, 9.17) is 9.15 Å². The third-order valence-electron chi connectivity index (χ3n) is 2.91. The maximum absolute atomic E-state index is 11.9. The van der Waals surface area contributed by atoms with Crippen molar-refractivity contribution in [2.45, 2.75) is 26.2 Å². The van der Waals surface area contributed by atoms with Crippen LogP contribution in [0.5, 0.6) is 0 Å². The molecule has 1 aromatic carbocycles. The van der Waals surface area contributed by atoms with Gasteiger partial charge < -0.3 is 9.15 Å². The Morgan fingerprint density at radius 3 is 2.32 bits per heavy atom. The van der Waals surface area contributed by atoms with Crippen LogP contribution in [0.3, 0.4) is 0 Å². The van der Waals surface area contributed by atoms with Crippen LogP contribution < -0.4 is 0 Å². The molecule has 0 aliphatic carbocycles. The Labute approximate surface area is 113 Å². The molecule has 0 saturated carbocycles. The van der Waals surface area contributed by atoms with Gasteiger partial charge in [0.25, 0.3) is 0 Å². The summed E-state index contributed by atoms with van der Waals surface area (Å²) in [5, 5.41) is 0. The molecule has 0 saturated heterocycles. The van der Waals surface area contributed by atoms with Gasteiger partial charge in [0.15, 0.2) is 0 Å². The van der Waals surface area contributed by atoms with Gasteiger partial charge in [0, 0.05) is 11.0 Å². The quantitative estimate of drug-likeness (QED) is 0.763. The van der Waals surface area contributed by atoms with Gasteiger partial charge in [0.2, 0.25) is 0 Å². The minimum atomic E-state index is -0.377. The van der Waals surface area contributed by atoms with E-state index in [0.717, 1.165) is 11.3 Å². The zero-order chi connectivity index (χ0) is 14.0. The van der Waals surface area contributed by atoms with Crippen LogP contribution in [0.15, 0.2) is 40.8 Å². The predicted molar refractivity (Wildman–Crippen MR) is 74.2 cm³/mol. The molecule has 0 N–H and O–H groups in total. The molecule has 2 rings (SSSR count). The summed E-state index contributed by atoms with van der Waals surface area (Å²) in [4.78, 5) is 11.9. The van der Waals surface area contributed by atoms with Crippen molar-refractivity contribution in [3.8, 4) is 11.3 Å². The second-order valence-electron chi connectivity index (χ2n) is 5.46. The molecule has 19 heavy (non-hydrogen) atoms. The zero-order valence-electron chi connectivity index (χ0n) is 11.7. The van der Waals surface area contributed by atoms with E-state index >= 15 is 0 Å². The summed E-state index contributed by atoms with van der Waals surface area (Å²) in [5.74, 6) is 0.960. The fraction of sp³-hybridized carbons (Fsp3) is 0.312. The Morgan fingerprint density at radius 1 is 1.16 bits per heavy atom. The molecular weight excluding hydrogens is 240 g/mol.